The van der Waals surface area contributed by atoms with Gasteiger partial charge in [0.2, 0.25) is 5.91 Å². The lowest BCUT2D eigenvalue weighted by Crippen LogP contribution is -2.32. The number of carbonyl (C=O) groups excluding carboxylic acids is 1. The summed E-state index contributed by atoms with van der Waals surface area (Å²) in [4.78, 5) is 19.4. The van der Waals surface area contributed by atoms with Crippen molar-refractivity contribution in [3.05, 3.63) is 58.0 Å². The minimum Gasteiger partial charge on any atom is -0.325 e. The fourth-order valence-electron chi connectivity index (χ4n) is 3.25. The van der Waals surface area contributed by atoms with Gasteiger partial charge in [-0.25, -0.2) is 4.98 Å². The minimum absolute atomic E-state index is 0.0235. The van der Waals surface area contributed by atoms with Crippen LogP contribution in [0.3, 0.4) is 0 Å². The van der Waals surface area contributed by atoms with Crippen molar-refractivity contribution in [3.63, 3.8) is 0 Å². The molecule has 128 valence electrons. The molecule has 4 rings (SSSR count). The number of halogens is 1. The average molecular weight is 416 g/mol. The van der Waals surface area contributed by atoms with Crippen LogP contribution >= 0.6 is 27.3 Å². The van der Waals surface area contributed by atoms with Gasteiger partial charge in [0, 0.05) is 10.2 Å². The zero-order valence-electron chi connectivity index (χ0n) is 13.6. The molecular formula is C19H18BrN3OS. The summed E-state index contributed by atoms with van der Waals surface area (Å²) in [5.74, 6) is 0.0235. The van der Waals surface area contributed by atoms with Gasteiger partial charge >= 0.3 is 0 Å². The molecule has 0 aliphatic carbocycles. The molecule has 25 heavy (non-hydrogen) atoms. The topological polar surface area (TPSA) is 45.2 Å². The van der Waals surface area contributed by atoms with Gasteiger partial charge in [-0.05, 0) is 55.8 Å². The van der Waals surface area contributed by atoms with Crippen molar-refractivity contribution >= 4 is 49.1 Å². The molecule has 3 aromatic rings. The minimum atomic E-state index is 0.0235. The molecule has 2 aromatic carbocycles. The summed E-state index contributed by atoms with van der Waals surface area (Å²) in [6, 6.07) is 16.1. The number of thiazole rings is 1. The van der Waals surface area contributed by atoms with Gasteiger partial charge in [-0.15, -0.1) is 11.3 Å². The second-order valence-electron chi connectivity index (χ2n) is 6.20. The van der Waals surface area contributed by atoms with Crippen LogP contribution in [0.1, 0.15) is 23.9 Å². The van der Waals surface area contributed by atoms with Gasteiger partial charge in [-0.2, -0.15) is 0 Å². The number of amides is 1. The maximum atomic E-state index is 12.4. The molecule has 1 atom stereocenters. The Morgan fingerprint density at radius 2 is 2.04 bits per heavy atom. The summed E-state index contributed by atoms with van der Waals surface area (Å²) in [6.07, 6.45) is 2.16. The average Bonchev–Trinajstić information content (AvgIpc) is 3.22. The molecule has 4 nitrogen and oxygen atoms in total. The Balaban J connectivity index is 1.45. The lowest BCUT2D eigenvalue weighted by atomic mass is 10.2. The Morgan fingerprint density at radius 1 is 1.24 bits per heavy atom. The summed E-state index contributed by atoms with van der Waals surface area (Å²) >= 11 is 5.15. The second-order valence-corrected chi connectivity index (χ2v) is 8.18. The number of carbonyl (C=O) groups is 1. The highest BCUT2D eigenvalue weighted by atomic mass is 79.9. The van der Waals surface area contributed by atoms with E-state index in [2.05, 4.69) is 38.3 Å². The first kappa shape index (κ1) is 16.7. The third kappa shape index (κ3) is 3.76. The molecule has 0 bridgehead atoms. The van der Waals surface area contributed by atoms with Crippen LogP contribution in [0.2, 0.25) is 0 Å². The maximum absolute atomic E-state index is 12.4. The van der Waals surface area contributed by atoms with E-state index in [9.17, 15) is 4.79 Å². The number of aromatic nitrogens is 1. The van der Waals surface area contributed by atoms with E-state index in [1.165, 1.54) is 4.70 Å². The van der Waals surface area contributed by atoms with Crippen molar-refractivity contribution in [2.45, 2.75) is 18.9 Å². The molecule has 1 saturated heterocycles. The van der Waals surface area contributed by atoms with Gasteiger partial charge < -0.3 is 5.32 Å². The van der Waals surface area contributed by atoms with Crippen LogP contribution in [0, 0.1) is 0 Å². The molecule has 0 spiro atoms. The Morgan fingerprint density at radius 3 is 2.84 bits per heavy atom. The predicted octanol–water partition coefficient (Wildman–Crippen LogP) is 4.83. The first-order valence-corrected chi connectivity index (χ1v) is 9.95. The fraction of sp³-hybridized carbons (Fsp3) is 0.263. The summed E-state index contributed by atoms with van der Waals surface area (Å²) in [6.45, 7) is 1.34. The van der Waals surface area contributed by atoms with Crippen molar-refractivity contribution in [1.82, 2.24) is 9.88 Å². The second kappa shape index (κ2) is 7.23. The number of benzene rings is 2. The normalized spacial score (nSPS) is 17.9. The van der Waals surface area contributed by atoms with E-state index in [-0.39, 0.29) is 11.9 Å². The third-order valence-corrected chi connectivity index (χ3v) is 6.10. The summed E-state index contributed by atoms with van der Waals surface area (Å²) < 4.78 is 2.21. The van der Waals surface area contributed by atoms with Gasteiger partial charge in [0.1, 0.15) is 5.01 Å². The predicted molar refractivity (Wildman–Crippen MR) is 106 cm³/mol. The van der Waals surface area contributed by atoms with E-state index in [4.69, 9.17) is 4.98 Å². The van der Waals surface area contributed by atoms with Gasteiger partial charge in [-0.3, -0.25) is 9.69 Å². The van der Waals surface area contributed by atoms with Crippen molar-refractivity contribution in [2.75, 3.05) is 18.4 Å². The lowest BCUT2D eigenvalue weighted by molar-refractivity contribution is -0.117. The van der Waals surface area contributed by atoms with Gasteiger partial charge in [0.05, 0.1) is 22.8 Å². The van der Waals surface area contributed by atoms with E-state index < -0.39 is 0 Å². The molecule has 0 saturated carbocycles. The highest BCUT2D eigenvalue weighted by molar-refractivity contribution is 9.10. The Labute approximate surface area is 159 Å². The van der Waals surface area contributed by atoms with E-state index in [0.717, 1.165) is 40.1 Å². The van der Waals surface area contributed by atoms with Crippen LogP contribution in [0.15, 0.2) is 53.0 Å². The Hall–Kier alpha value is -1.76. The molecule has 1 amide bonds. The van der Waals surface area contributed by atoms with Crippen LogP contribution < -0.4 is 5.32 Å². The van der Waals surface area contributed by atoms with Crippen LogP contribution in [-0.2, 0) is 4.79 Å². The zero-order chi connectivity index (χ0) is 17.2. The monoisotopic (exact) mass is 415 g/mol. The quantitative estimate of drug-likeness (QED) is 0.663. The molecule has 2 heterocycles. The van der Waals surface area contributed by atoms with Crippen LogP contribution in [0.5, 0.6) is 0 Å². The van der Waals surface area contributed by atoms with E-state index >= 15 is 0 Å². The van der Waals surface area contributed by atoms with Gasteiger partial charge in [0.15, 0.2) is 0 Å². The maximum Gasteiger partial charge on any atom is 0.238 e. The smallest absolute Gasteiger partial charge is 0.238 e. The van der Waals surface area contributed by atoms with Gasteiger partial charge in [-0.1, -0.05) is 28.1 Å². The zero-order valence-corrected chi connectivity index (χ0v) is 16.0. The molecule has 1 aliphatic rings. The number of nitrogens with one attached hydrogen (secondary N) is 1. The molecule has 1 N–H and O–H groups in total. The molecule has 6 heteroatoms. The lowest BCUT2D eigenvalue weighted by Gasteiger charge is -2.22. The van der Waals surface area contributed by atoms with Crippen LogP contribution in [-0.4, -0.2) is 28.9 Å². The standard InChI is InChI=1S/C19H18BrN3OS/c20-13-7-9-14(10-8-13)21-18(24)12-23-11-3-5-16(23)19-22-15-4-1-2-6-17(15)25-19/h1-2,4,6-10,16H,3,5,11-12H2,(H,21,24)/t16-/m0/s1. The largest absolute Gasteiger partial charge is 0.325 e. The molecule has 1 aliphatic heterocycles. The van der Waals surface area contributed by atoms with Crippen molar-refractivity contribution in [2.24, 2.45) is 0 Å². The number of anilines is 1. The Kier molecular flexibility index (Phi) is 4.83. The van der Waals surface area contributed by atoms with Crippen molar-refractivity contribution in [3.8, 4) is 0 Å². The molecule has 0 radical (unpaired) electrons. The van der Waals surface area contributed by atoms with Crippen LogP contribution in [0.25, 0.3) is 10.2 Å². The summed E-state index contributed by atoms with van der Waals surface area (Å²) in [5, 5.41) is 4.10. The number of likely N-dealkylation sites (tertiary alicyclic amines) is 1. The number of hydrogen-bond donors (Lipinski definition) is 1. The number of para-hydroxylation sites is 1. The highest BCUT2D eigenvalue weighted by Crippen LogP contribution is 2.36. The van der Waals surface area contributed by atoms with E-state index in [1.54, 1.807) is 11.3 Å². The summed E-state index contributed by atoms with van der Waals surface area (Å²) in [5.41, 5.74) is 1.87. The summed E-state index contributed by atoms with van der Waals surface area (Å²) in [7, 11) is 0. The highest BCUT2D eigenvalue weighted by Gasteiger charge is 2.30. The number of fused-ring (bicyclic) bond motifs is 1. The van der Waals surface area contributed by atoms with E-state index in [0.29, 0.717) is 6.54 Å². The first-order valence-electron chi connectivity index (χ1n) is 8.34. The number of rotatable bonds is 4. The molecule has 1 fully saturated rings. The van der Waals surface area contributed by atoms with Crippen LogP contribution in [0.4, 0.5) is 5.69 Å². The van der Waals surface area contributed by atoms with E-state index in [1.807, 2.05) is 36.4 Å². The number of nitrogens with zero attached hydrogens (tertiary/aromatic N) is 2. The van der Waals surface area contributed by atoms with Crippen molar-refractivity contribution in [1.29, 1.82) is 0 Å². The number of hydrogen-bond acceptors (Lipinski definition) is 4. The fourth-order valence-corrected chi connectivity index (χ4v) is 4.65. The van der Waals surface area contributed by atoms with Gasteiger partial charge in [0.25, 0.3) is 0 Å². The molecule has 1 aromatic heterocycles. The third-order valence-electron chi connectivity index (χ3n) is 4.43. The molecular weight excluding hydrogens is 398 g/mol. The SMILES string of the molecule is O=C(CN1CCC[C@H]1c1nc2ccccc2s1)Nc1ccc(Br)cc1. The first-order chi connectivity index (χ1) is 12.2. The molecule has 0 unspecified atom stereocenters. The van der Waals surface area contributed by atoms with Crippen molar-refractivity contribution < 1.29 is 4.79 Å². The Bertz CT molecular complexity index is 860.